The summed E-state index contributed by atoms with van der Waals surface area (Å²) in [7, 11) is 0. The summed E-state index contributed by atoms with van der Waals surface area (Å²) in [6, 6.07) is 22.7. The van der Waals surface area contributed by atoms with Gasteiger partial charge in [0, 0.05) is 11.8 Å². The Bertz CT molecular complexity index is 1230. The number of carbonyl (C=O) groups excluding carboxylic acids is 2. The average molecular weight is 412 g/mol. The van der Waals surface area contributed by atoms with E-state index in [1.807, 2.05) is 78.2 Å². The van der Waals surface area contributed by atoms with Crippen molar-refractivity contribution in [2.75, 3.05) is 0 Å². The van der Waals surface area contributed by atoms with E-state index in [-0.39, 0.29) is 12.2 Å². The predicted octanol–water partition coefficient (Wildman–Crippen LogP) is 4.34. The molecule has 0 fully saturated rings. The molecule has 2 aromatic heterocycles. The zero-order valence-corrected chi connectivity index (χ0v) is 17.4. The molecule has 2 aromatic carbocycles. The minimum Gasteiger partial charge on any atom is -0.487 e. The maximum absolute atomic E-state index is 13.5. The van der Waals surface area contributed by atoms with Crippen LogP contribution in [0.1, 0.15) is 39.7 Å². The first-order valence-electron chi connectivity index (χ1n) is 10.3. The third kappa shape index (κ3) is 4.08. The lowest BCUT2D eigenvalue weighted by Gasteiger charge is -2.10. The maximum Gasteiger partial charge on any atom is 0.221 e. The van der Waals surface area contributed by atoms with Gasteiger partial charge in [0.1, 0.15) is 12.4 Å². The molecule has 4 aromatic rings. The van der Waals surface area contributed by atoms with Gasteiger partial charge >= 0.3 is 0 Å². The largest absolute Gasteiger partial charge is 0.487 e. The van der Waals surface area contributed by atoms with Gasteiger partial charge in [-0.15, -0.1) is 0 Å². The zero-order valence-electron chi connectivity index (χ0n) is 17.4. The van der Waals surface area contributed by atoms with E-state index in [2.05, 4.69) is 0 Å². The van der Waals surface area contributed by atoms with Gasteiger partial charge in [0.2, 0.25) is 11.7 Å². The third-order valence-corrected chi connectivity index (χ3v) is 5.33. The molecule has 0 saturated carbocycles. The molecule has 0 atom stereocenters. The number of aromatic nitrogens is 1. The van der Waals surface area contributed by atoms with Crippen LogP contribution in [0.4, 0.5) is 0 Å². The number of ether oxygens (including phenoxy) is 1. The Morgan fingerprint density at radius 3 is 2.23 bits per heavy atom. The molecular formula is C26H24N2O3. The van der Waals surface area contributed by atoms with Gasteiger partial charge < -0.3 is 14.9 Å². The lowest BCUT2D eigenvalue weighted by Crippen LogP contribution is -2.15. The molecule has 0 aliphatic heterocycles. The Kier molecular flexibility index (Phi) is 5.85. The summed E-state index contributed by atoms with van der Waals surface area (Å²) in [5, 5.41) is 0. The first-order valence-corrected chi connectivity index (χ1v) is 10.3. The molecule has 5 heteroatoms. The van der Waals surface area contributed by atoms with Crippen molar-refractivity contribution in [3.63, 3.8) is 0 Å². The van der Waals surface area contributed by atoms with Crippen LogP contribution in [-0.4, -0.2) is 16.1 Å². The fourth-order valence-corrected chi connectivity index (χ4v) is 3.97. The van der Waals surface area contributed by atoms with Crippen LogP contribution in [0.5, 0.6) is 5.75 Å². The van der Waals surface area contributed by atoms with Crippen molar-refractivity contribution in [1.82, 2.24) is 4.40 Å². The minimum atomic E-state index is -0.446. The smallest absolute Gasteiger partial charge is 0.221 e. The number of pyridine rings is 1. The highest BCUT2D eigenvalue weighted by Gasteiger charge is 2.26. The number of rotatable bonds is 8. The van der Waals surface area contributed by atoms with E-state index in [9.17, 15) is 9.59 Å². The quantitative estimate of drug-likeness (QED) is 0.438. The van der Waals surface area contributed by atoms with E-state index in [0.29, 0.717) is 35.6 Å². The second-order valence-electron chi connectivity index (χ2n) is 7.36. The molecule has 0 bridgehead atoms. The molecule has 1 amide bonds. The van der Waals surface area contributed by atoms with Crippen molar-refractivity contribution >= 4 is 17.2 Å². The van der Waals surface area contributed by atoms with Gasteiger partial charge in [-0.05, 0) is 35.2 Å². The summed E-state index contributed by atoms with van der Waals surface area (Å²) < 4.78 is 7.98. The van der Waals surface area contributed by atoms with Gasteiger partial charge in [-0.1, -0.05) is 67.6 Å². The van der Waals surface area contributed by atoms with Crippen molar-refractivity contribution in [3.8, 4) is 5.75 Å². The Labute approximate surface area is 181 Å². The van der Waals surface area contributed by atoms with Crippen molar-refractivity contribution in [2.24, 2.45) is 5.73 Å². The first-order chi connectivity index (χ1) is 15.1. The number of amides is 1. The average Bonchev–Trinajstić information content (AvgIpc) is 3.11. The lowest BCUT2D eigenvalue weighted by molar-refractivity contribution is -0.117. The van der Waals surface area contributed by atoms with Gasteiger partial charge in [0.05, 0.1) is 17.6 Å². The number of hydrogen-bond acceptors (Lipinski definition) is 3. The molecule has 0 unspecified atom stereocenters. The van der Waals surface area contributed by atoms with E-state index in [0.717, 1.165) is 16.7 Å². The van der Waals surface area contributed by atoms with Crippen molar-refractivity contribution in [2.45, 2.75) is 26.4 Å². The number of ketones is 1. The van der Waals surface area contributed by atoms with Crippen molar-refractivity contribution in [1.29, 1.82) is 0 Å². The summed E-state index contributed by atoms with van der Waals surface area (Å²) in [5.41, 5.74) is 10.0. The van der Waals surface area contributed by atoms with Gasteiger partial charge in [-0.2, -0.15) is 0 Å². The van der Waals surface area contributed by atoms with Crippen LogP contribution in [0.3, 0.4) is 0 Å². The second-order valence-corrected chi connectivity index (χ2v) is 7.36. The van der Waals surface area contributed by atoms with Gasteiger partial charge in [-0.25, -0.2) is 0 Å². The predicted molar refractivity (Wildman–Crippen MR) is 120 cm³/mol. The number of nitrogens with two attached hydrogens (primary N) is 1. The molecule has 31 heavy (non-hydrogen) atoms. The normalized spacial score (nSPS) is 10.9. The summed E-state index contributed by atoms with van der Waals surface area (Å²) in [5.74, 6) is 0.0755. The van der Waals surface area contributed by atoms with Gasteiger partial charge in [0.25, 0.3) is 0 Å². The Balaban J connectivity index is 1.88. The Morgan fingerprint density at radius 2 is 1.58 bits per heavy atom. The number of primary amides is 1. The number of nitrogens with zero attached hydrogens (tertiary/aromatic N) is 1. The Morgan fingerprint density at radius 1 is 0.903 bits per heavy atom. The minimum absolute atomic E-state index is 0.0421. The van der Waals surface area contributed by atoms with E-state index < -0.39 is 5.91 Å². The highest BCUT2D eigenvalue weighted by Crippen LogP contribution is 2.33. The fraction of sp³-hybridized carbons (Fsp3) is 0.154. The van der Waals surface area contributed by atoms with E-state index in [1.165, 1.54) is 0 Å². The number of hydrogen-bond donors (Lipinski definition) is 1. The molecule has 0 aliphatic carbocycles. The Hall–Kier alpha value is -3.86. The topological polar surface area (TPSA) is 73.8 Å². The molecule has 5 nitrogen and oxygen atoms in total. The molecule has 4 rings (SSSR count). The highest BCUT2D eigenvalue weighted by molar-refractivity contribution is 6.10. The van der Waals surface area contributed by atoms with Crippen LogP contribution < -0.4 is 10.5 Å². The lowest BCUT2D eigenvalue weighted by atomic mass is 9.99. The molecule has 0 saturated heterocycles. The SMILES string of the molecule is CCc1c(CC(N)=O)c2c(OCc3ccccc3)cccn2c1C(=O)c1ccccc1. The number of benzene rings is 2. The highest BCUT2D eigenvalue weighted by atomic mass is 16.5. The maximum atomic E-state index is 13.5. The van der Waals surface area contributed by atoms with Crippen LogP contribution >= 0.6 is 0 Å². The van der Waals surface area contributed by atoms with Crippen molar-refractivity contribution in [3.05, 3.63) is 107 Å². The molecule has 0 radical (unpaired) electrons. The molecule has 0 spiro atoms. The summed E-state index contributed by atoms with van der Waals surface area (Å²) in [6.07, 6.45) is 2.47. The monoisotopic (exact) mass is 412 g/mol. The second kappa shape index (κ2) is 8.88. The van der Waals surface area contributed by atoms with Crippen LogP contribution in [0.15, 0.2) is 79.0 Å². The standard InChI is InChI=1S/C26H24N2O3/c1-2-20-21(16-23(27)29)24-22(31-17-18-10-5-3-6-11-18)14-9-15-28(24)25(20)26(30)19-12-7-4-8-13-19/h3-15H,2,16-17H2,1H3,(H2,27,29). The van der Waals surface area contributed by atoms with Gasteiger partial charge in [-0.3, -0.25) is 9.59 Å². The molecule has 2 N–H and O–H groups in total. The third-order valence-electron chi connectivity index (χ3n) is 5.33. The van der Waals surface area contributed by atoms with Crippen LogP contribution in [0.2, 0.25) is 0 Å². The van der Waals surface area contributed by atoms with Crippen LogP contribution in [0, 0.1) is 0 Å². The van der Waals surface area contributed by atoms with E-state index >= 15 is 0 Å². The molecule has 2 heterocycles. The molecular weight excluding hydrogens is 388 g/mol. The molecule has 156 valence electrons. The number of fused-ring (bicyclic) bond motifs is 1. The fourth-order valence-electron chi connectivity index (χ4n) is 3.97. The van der Waals surface area contributed by atoms with E-state index in [4.69, 9.17) is 10.5 Å². The van der Waals surface area contributed by atoms with E-state index in [1.54, 1.807) is 12.1 Å². The van der Waals surface area contributed by atoms with Crippen LogP contribution in [0.25, 0.3) is 5.52 Å². The zero-order chi connectivity index (χ0) is 21.8. The summed E-state index contributed by atoms with van der Waals surface area (Å²) in [6.45, 7) is 2.36. The van der Waals surface area contributed by atoms with Gasteiger partial charge in [0.15, 0.2) is 0 Å². The van der Waals surface area contributed by atoms with Crippen LogP contribution in [-0.2, 0) is 24.2 Å². The molecule has 0 aliphatic rings. The van der Waals surface area contributed by atoms with Crippen molar-refractivity contribution < 1.29 is 14.3 Å². The first kappa shape index (κ1) is 20.4. The summed E-state index contributed by atoms with van der Waals surface area (Å²) in [4.78, 5) is 25.4. The summed E-state index contributed by atoms with van der Waals surface area (Å²) >= 11 is 0. The number of carbonyl (C=O) groups is 2.